The number of carbonyl (C=O) groups excluding carboxylic acids is 2. The predicted molar refractivity (Wildman–Crippen MR) is 163 cm³/mol. The highest BCUT2D eigenvalue weighted by atomic mass is 32.1. The van der Waals surface area contributed by atoms with Gasteiger partial charge in [-0.15, -0.1) is 11.3 Å². The number of nitrogens with one attached hydrogen (secondary N) is 2. The minimum atomic E-state index is -0.578. The number of anilines is 2. The summed E-state index contributed by atoms with van der Waals surface area (Å²) < 4.78 is 18.1. The van der Waals surface area contributed by atoms with Crippen LogP contribution in [0.25, 0.3) is 10.2 Å². The average Bonchev–Trinajstić information content (AvgIpc) is 3.58. The van der Waals surface area contributed by atoms with Gasteiger partial charge < -0.3 is 35.5 Å². The lowest BCUT2D eigenvalue weighted by Gasteiger charge is -2.34. The van der Waals surface area contributed by atoms with E-state index >= 15 is 0 Å². The number of aryl methyl sites for hydroxylation is 1. The summed E-state index contributed by atoms with van der Waals surface area (Å²) in [7, 11) is 0. The van der Waals surface area contributed by atoms with Crippen molar-refractivity contribution in [2.75, 3.05) is 36.9 Å². The molecular weight excluding hydrogens is 554 g/mol. The lowest BCUT2D eigenvalue weighted by molar-refractivity contribution is -0.0238. The lowest BCUT2D eigenvalue weighted by atomic mass is 9.85. The normalized spacial score (nSPS) is 25.4. The quantitative estimate of drug-likeness (QED) is 0.406. The molecular formula is C31H39N5O5S. The van der Waals surface area contributed by atoms with Gasteiger partial charge in [-0.1, -0.05) is 13.0 Å². The maximum Gasteiger partial charge on any atom is 0.408 e. The van der Waals surface area contributed by atoms with Gasteiger partial charge in [-0.2, -0.15) is 0 Å². The van der Waals surface area contributed by atoms with Crippen molar-refractivity contribution in [3.8, 4) is 5.75 Å². The first-order valence-corrected chi connectivity index (χ1v) is 15.3. The molecule has 11 heteroatoms. The summed E-state index contributed by atoms with van der Waals surface area (Å²) in [4.78, 5) is 33.8. The zero-order valence-corrected chi connectivity index (χ0v) is 25.6. The summed E-state index contributed by atoms with van der Waals surface area (Å²) in [5, 5.41) is 7.01. The van der Waals surface area contributed by atoms with Crippen LogP contribution in [0.2, 0.25) is 0 Å². The Morgan fingerprint density at radius 3 is 2.76 bits per heavy atom. The first kappa shape index (κ1) is 28.5. The summed E-state index contributed by atoms with van der Waals surface area (Å²) in [6, 6.07) is 9.61. The molecule has 10 nitrogen and oxygen atoms in total. The predicted octanol–water partition coefficient (Wildman–Crippen LogP) is 4.43. The highest BCUT2D eigenvalue weighted by Gasteiger charge is 2.55. The molecule has 1 spiro atoms. The number of thiophene rings is 1. The molecule has 3 aliphatic rings. The van der Waals surface area contributed by atoms with Gasteiger partial charge in [0.1, 0.15) is 33.3 Å². The zero-order chi connectivity index (χ0) is 29.8. The van der Waals surface area contributed by atoms with Crippen LogP contribution in [0.5, 0.6) is 5.75 Å². The van der Waals surface area contributed by atoms with E-state index in [2.05, 4.69) is 45.6 Å². The molecule has 0 aliphatic carbocycles. The third kappa shape index (κ3) is 5.35. The molecule has 0 bridgehead atoms. The van der Waals surface area contributed by atoms with E-state index in [-0.39, 0.29) is 23.9 Å². The van der Waals surface area contributed by atoms with E-state index in [0.717, 1.165) is 39.3 Å². The molecule has 1 aromatic carbocycles. The lowest BCUT2D eigenvalue weighted by Crippen LogP contribution is -2.55. The Morgan fingerprint density at radius 1 is 1.21 bits per heavy atom. The molecule has 42 heavy (non-hydrogen) atoms. The van der Waals surface area contributed by atoms with Crippen molar-refractivity contribution in [3.05, 3.63) is 46.5 Å². The second kappa shape index (κ2) is 10.6. The van der Waals surface area contributed by atoms with Crippen LogP contribution in [0.4, 0.5) is 16.2 Å². The number of carbonyl (C=O) groups is 2. The molecule has 3 aliphatic heterocycles. The maximum absolute atomic E-state index is 13.1. The number of rotatable bonds is 4. The van der Waals surface area contributed by atoms with Crippen LogP contribution in [0.3, 0.4) is 0 Å². The fraction of sp³-hybridized carbons (Fsp3) is 0.516. The van der Waals surface area contributed by atoms with Crippen molar-refractivity contribution in [1.82, 2.24) is 15.6 Å². The summed E-state index contributed by atoms with van der Waals surface area (Å²) in [5.74, 6) is 0.880. The van der Waals surface area contributed by atoms with Gasteiger partial charge in [-0.25, -0.2) is 9.78 Å². The number of nitrogen functional groups attached to an aromatic ring is 1. The second-order valence-corrected chi connectivity index (χ2v) is 13.7. The van der Waals surface area contributed by atoms with Crippen molar-refractivity contribution < 1.29 is 23.8 Å². The van der Waals surface area contributed by atoms with Crippen LogP contribution in [-0.4, -0.2) is 66.6 Å². The van der Waals surface area contributed by atoms with Gasteiger partial charge in [0.2, 0.25) is 0 Å². The Bertz CT molecular complexity index is 1530. The van der Waals surface area contributed by atoms with Crippen molar-refractivity contribution >= 4 is 44.9 Å². The van der Waals surface area contributed by atoms with E-state index in [4.69, 9.17) is 19.9 Å². The smallest absolute Gasteiger partial charge is 0.408 e. The van der Waals surface area contributed by atoms with Gasteiger partial charge in [-0.3, -0.25) is 4.79 Å². The molecule has 2 saturated heterocycles. The fourth-order valence-electron chi connectivity index (χ4n) is 6.28. The SMILES string of the molecule is Cc1ccc2c(N)c(C(=O)N[C@H]3COc4cc(N5C[C@@H](NC(=O)OC(C)(C)C)[C@]6(C5)OCC[C@@H]6C)ccc4C3)sc2n1. The van der Waals surface area contributed by atoms with Gasteiger partial charge in [0, 0.05) is 42.5 Å². The number of hydrogen-bond acceptors (Lipinski definition) is 9. The molecule has 0 radical (unpaired) electrons. The first-order valence-electron chi connectivity index (χ1n) is 14.5. The van der Waals surface area contributed by atoms with E-state index in [1.165, 1.54) is 11.3 Å². The molecule has 6 rings (SSSR count). The van der Waals surface area contributed by atoms with Crippen LogP contribution in [0, 0.1) is 12.8 Å². The molecule has 5 heterocycles. The minimum Gasteiger partial charge on any atom is -0.491 e. The molecule has 4 atom stereocenters. The summed E-state index contributed by atoms with van der Waals surface area (Å²) in [5.41, 5.74) is 8.62. The summed E-state index contributed by atoms with van der Waals surface area (Å²) in [6.07, 6.45) is 1.17. The molecule has 2 fully saturated rings. The van der Waals surface area contributed by atoms with Crippen molar-refractivity contribution in [3.63, 3.8) is 0 Å². The Balaban J connectivity index is 1.14. The largest absolute Gasteiger partial charge is 0.491 e. The zero-order valence-electron chi connectivity index (χ0n) is 24.8. The van der Waals surface area contributed by atoms with Gasteiger partial charge in [0.15, 0.2) is 0 Å². The van der Waals surface area contributed by atoms with Crippen molar-refractivity contribution in [2.45, 2.75) is 70.7 Å². The third-order valence-electron chi connectivity index (χ3n) is 8.47. The van der Waals surface area contributed by atoms with Crippen LogP contribution in [0.15, 0.2) is 30.3 Å². The average molecular weight is 594 g/mol. The van der Waals surface area contributed by atoms with Crippen LogP contribution in [-0.2, 0) is 15.9 Å². The van der Waals surface area contributed by atoms with Crippen molar-refractivity contribution in [1.29, 1.82) is 0 Å². The number of ether oxygens (including phenoxy) is 3. The fourth-order valence-corrected chi connectivity index (χ4v) is 7.32. The number of amides is 2. The number of benzene rings is 1. The van der Waals surface area contributed by atoms with E-state index in [1.807, 2.05) is 39.8 Å². The number of pyridine rings is 1. The first-order chi connectivity index (χ1) is 19.9. The molecule has 224 valence electrons. The number of nitrogens with two attached hydrogens (primary N) is 1. The summed E-state index contributed by atoms with van der Waals surface area (Å²) >= 11 is 1.31. The monoisotopic (exact) mass is 593 g/mol. The third-order valence-corrected chi connectivity index (χ3v) is 9.59. The van der Waals surface area contributed by atoms with Crippen LogP contribution < -0.4 is 26.0 Å². The maximum atomic E-state index is 13.1. The van der Waals surface area contributed by atoms with Gasteiger partial charge >= 0.3 is 6.09 Å². The topological polar surface area (TPSA) is 128 Å². The second-order valence-electron chi connectivity index (χ2n) is 12.7. The van der Waals surface area contributed by atoms with Gasteiger partial charge in [-0.05, 0) is 70.2 Å². The van der Waals surface area contributed by atoms with E-state index in [1.54, 1.807) is 0 Å². The number of hydrogen-bond donors (Lipinski definition) is 3. The molecule has 2 aromatic heterocycles. The van der Waals surface area contributed by atoms with Gasteiger partial charge in [0.25, 0.3) is 5.91 Å². The highest BCUT2D eigenvalue weighted by molar-refractivity contribution is 7.21. The van der Waals surface area contributed by atoms with Crippen LogP contribution >= 0.6 is 11.3 Å². The van der Waals surface area contributed by atoms with Crippen molar-refractivity contribution in [2.24, 2.45) is 5.92 Å². The number of alkyl carbamates (subject to hydrolysis) is 1. The standard InChI is InChI=1S/C31H39N5O5S/c1-17-10-11-40-31(17)16-36(14-24(31)35-29(38)41-30(3,4)5)21-8-7-19-12-20(15-39-23(19)13-21)34-27(37)26-25(32)22-9-6-18(2)33-28(22)42-26/h6-9,13,17,20,24H,10-12,14-16,32H2,1-5H3,(H,34,37)(H,35,38)/t17-,20+,24+,31+/m0/s1. The van der Waals surface area contributed by atoms with E-state index in [0.29, 0.717) is 43.3 Å². The Hall–Kier alpha value is -3.57. The number of nitrogens with zero attached hydrogens (tertiary/aromatic N) is 2. The molecule has 0 unspecified atom stereocenters. The minimum absolute atomic E-state index is 0.180. The molecule has 0 saturated carbocycles. The van der Waals surface area contributed by atoms with Gasteiger partial charge in [0.05, 0.1) is 17.8 Å². The molecule has 3 aromatic rings. The van der Waals surface area contributed by atoms with E-state index < -0.39 is 17.3 Å². The Labute approximate surface area is 249 Å². The highest BCUT2D eigenvalue weighted by Crippen LogP contribution is 2.42. The Kier molecular flexibility index (Phi) is 7.21. The van der Waals surface area contributed by atoms with E-state index in [9.17, 15) is 9.59 Å². The molecule has 2 amide bonds. The van der Waals surface area contributed by atoms with Crippen LogP contribution in [0.1, 0.15) is 55.0 Å². The molecule has 4 N–H and O–H groups in total. The Morgan fingerprint density at radius 2 is 2.02 bits per heavy atom. The summed E-state index contributed by atoms with van der Waals surface area (Å²) in [6.45, 7) is 12.0. The number of aromatic nitrogens is 1. The number of fused-ring (bicyclic) bond motifs is 2.